The van der Waals surface area contributed by atoms with E-state index in [9.17, 15) is 23.5 Å². The number of hydrogen-bond acceptors (Lipinski definition) is 3. The molecule has 1 aliphatic rings. The molecule has 1 aliphatic heterocycles. The monoisotopic (exact) mass is 380 g/mol. The molecule has 2 aromatic carbocycles. The second-order valence-electron chi connectivity index (χ2n) is 6.01. The Kier molecular flexibility index (Phi) is 4.93. The van der Waals surface area contributed by atoms with Crippen LogP contribution < -0.4 is 10.2 Å². The highest BCUT2D eigenvalue weighted by molar-refractivity contribution is 6.31. The fourth-order valence-electron chi connectivity index (χ4n) is 2.85. The molecule has 0 saturated carbocycles. The first-order chi connectivity index (χ1) is 12.3. The molecule has 26 heavy (non-hydrogen) atoms. The van der Waals surface area contributed by atoms with E-state index in [-0.39, 0.29) is 25.1 Å². The minimum Gasteiger partial charge on any atom is -0.372 e. The number of carbonyl (C=O) groups is 2. The third-order valence-electron chi connectivity index (χ3n) is 4.17. The van der Waals surface area contributed by atoms with Gasteiger partial charge in [-0.15, -0.1) is 0 Å². The Hall–Kier alpha value is -2.51. The molecule has 8 heteroatoms. The van der Waals surface area contributed by atoms with Gasteiger partial charge < -0.3 is 15.3 Å². The van der Waals surface area contributed by atoms with Crippen LogP contribution in [0.4, 0.5) is 14.5 Å². The van der Waals surface area contributed by atoms with Gasteiger partial charge in [-0.2, -0.15) is 0 Å². The van der Waals surface area contributed by atoms with E-state index in [0.29, 0.717) is 16.8 Å². The number of nitrogens with one attached hydrogen (secondary N) is 1. The summed E-state index contributed by atoms with van der Waals surface area (Å²) in [5, 5.41) is 13.3. The Balaban J connectivity index is 1.71. The molecule has 1 saturated heterocycles. The lowest BCUT2D eigenvalue weighted by atomic mass is 10.0. The van der Waals surface area contributed by atoms with E-state index in [1.165, 1.54) is 4.90 Å². The summed E-state index contributed by atoms with van der Waals surface area (Å²) in [5.41, 5.74) is -1.59. The smallest absolute Gasteiger partial charge is 0.268 e. The van der Waals surface area contributed by atoms with Crippen LogP contribution in [0.25, 0.3) is 0 Å². The van der Waals surface area contributed by atoms with Crippen molar-refractivity contribution >= 4 is 29.1 Å². The number of aliphatic hydroxyl groups is 1. The molecule has 5 nitrogen and oxygen atoms in total. The van der Waals surface area contributed by atoms with Crippen molar-refractivity contribution in [1.82, 2.24) is 5.32 Å². The van der Waals surface area contributed by atoms with Gasteiger partial charge >= 0.3 is 0 Å². The molecule has 0 bridgehead atoms. The minimum absolute atomic E-state index is 0.109. The summed E-state index contributed by atoms with van der Waals surface area (Å²) in [5.74, 6) is -3.26. The highest BCUT2D eigenvalue weighted by Gasteiger charge is 2.51. The molecule has 0 spiro atoms. The maximum Gasteiger partial charge on any atom is 0.268 e. The van der Waals surface area contributed by atoms with Gasteiger partial charge in [-0.1, -0.05) is 17.7 Å². The van der Waals surface area contributed by atoms with Crippen molar-refractivity contribution in [3.05, 3.63) is 64.7 Å². The van der Waals surface area contributed by atoms with Gasteiger partial charge in [0.1, 0.15) is 11.6 Å². The predicted octanol–water partition coefficient (Wildman–Crippen LogP) is 2.40. The second kappa shape index (κ2) is 7.01. The number of hydrogen-bond donors (Lipinski definition) is 2. The standard InChI is InChI=1S/C18H15ClF2N2O3/c19-12-2-1-3-15(8-12)23-5-4-18(26,17(23)25)16(24)22-10-11-6-13(20)9-14(21)7-11/h1-3,6-9,26H,4-5,10H2,(H,22,24). The number of benzene rings is 2. The summed E-state index contributed by atoms with van der Waals surface area (Å²) < 4.78 is 26.4. The van der Waals surface area contributed by atoms with Gasteiger partial charge in [0, 0.05) is 36.3 Å². The van der Waals surface area contributed by atoms with Gasteiger partial charge in [-0.05, 0) is 35.9 Å². The van der Waals surface area contributed by atoms with E-state index in [0.717, 1.165) is 12.1 Å². The zero-order valence-corrected chi connectivity index (χ0v) is 14.3. The number of halogens is 3. The Bertz CT molecular complexity index is 857. The highest BCUT2D eigenvalue weighted by Crippen LogP contribution is 2.30. The molecule has 1 atom stereocenters. The fraction of sp³-hybridized carbons (Fsp3) is 0.222. The third kappa shape index (κ3) is 3.54. The van der Waals surface area contributed by atoms with Crippen LogP contribution in [0.3, 0.4) is 0 Å². The van der Waals surface area contributed by atoms with Crippen LogP contribution in [0, 0.1) is 11.6 Å². The van der Waals surface area contributed by atoms with Crippen molar-refractivity contribution in [3.63, 3.8) is 0 Å². The molecule has 0 aromatic heterocycles. The summed E-state index contributed by atoms with van der Waals surface area (Å²) in [4.78, 5) is 26.2. The fourth-order valence-corrected chi connectivity index (χ4v) is 3.03. The van der Waals surface area contributed by atoms with E-state index in [1.54, 1.807) is 24.3 Å². The first-order valence-electron chi connectivity index (χ1n) is 7.83. The van der Waals surface area contributed by atoms with Gasteiger partial charge in [-0.3, -0.25) is 9.59 Å². The molecule has 2 N–H and O–H groups in total. The highest BCUT2D eigenvalue weighted by atomic mass is 35.5. The Labute approximate surface area is 153 Å². The molecule has 1 unspecified atom stereocenters. The first-order valence-corrected chi connectivity index (χ1v) is 8.20. The lowest BCUT2D eigenvalue weighted by Gasteiger charge is -2.22. The minimum atomic E-state index is -2.24. The van der Waals surface area contributed by atoms with E-state index in [4.69, 9.17) is 11.6 Å². The summed E-state index contributed by atoms with van der Waals surface area (Å²) in [6.07, 6.45) is -0.109. The van der Waals surface area contributed by atoms with Crippen LogP contribution in [0.2, 0.25) is 5.02 Å². The normalized spacial score (nSPS) is 19.7. The molecule has 2 amide bonds. The van der Waals surface area contributed by atoms with Gasteiger partial charge in [0.15, 0.2) is 0 Å². The van der Waals surface area contributed by atoms with Crippen LogP contribution in [0.15, 0.2) is 42.5 Å². The number of nitrogens with zero attached hydrogens (tertiary/aromatic N) is 1. The van der Waals surface area contributed by atoms with Gasteiger partial charge in [-0.25, -0.2) is 8.78 Å². The van der Waals surface area contributed by atoms with E-state index >= 15 is 0 Å². The number of carbonyl (C=O) groups excluding carboxylic acids is 2. The molecule has 136 valence electrons. The quantitative estimate of drug-likeness (QED) is 0.800. The van der Waals surface area contributed by atoms with Gasteiger partial charge in [0.25, 0.3) is 11.8 Å². The number of anilines is 1. The average molecular weight is 381 g/mol. The van der Waals surface area contributed by atoms with Crippen LogP contribution in [-0.2, 0) is 16.1 Å². The SMILES string of the molecule is O=C(NCc1cc(F)cc(F)c1)C1(O)CCN(c2cccc(Cl)c2)C1=O. The molecule has 3 rings (SSSR count). The lowest BCUT2D eigenvalue weighted by molar-refractivity contribution is -0.149. The Morgan fingerprint density at radius 2 is 1.92 bits per heavy atom. The van der Waals surface area contributed by atoms with Crippen molar-refractivity contribution in [2.75, 3.05) is 11.4 Å². The average Bonchev–Trinajstić information content (AvgIpc) is 2.88. The molecule has 0 radical (unpaired) electrons. The number of rotatable bonds is 4. The number of amides is 2. The summed E-state index contributed by atoms with van der Waals surface area (Å²) in [6.45, 7) is -0.0854. The van der Waals surface area contributed by atoms with Crippen molar-refractivity contribution in [2.24, 2.45) is 0 Å². The maximum atomic E-state index is 13.2. The molecule has 2 aromatic rings. The summed E-state index contributed by atoms with van der Waals surface area (Å²) >= 11 is 5.91. The molecule has 1 fully saturated rings. The van der Waals surface area contributed by atoms with Crippen molar-refractivity contribution < 1.29 is 23.5 Å². The van der Waals surface area contributed by atoms with Crippen LogP contribution >= 0.6 is 11.6 Å². The third-order valence-corrected chi connectivity index (χ3v) is 4.40. The largest absolute Gasteiger partial charge is 0.372 e. The summed E-state index contributed by atoms with van der Waals surface area (Å²) in [6, 6.07) is 9.32. The van der Waals surface area contributed by atoms with Crippen molar-refractivity contribution in [1.29, 1.82) is 0 Å². The lowest BCUT2D eigenvalue weighted by Crippen LogP contribution is -2.52. The zero-order valence-electron chi connectivity index (χ0n) is 13.5. The van der Waals surface area contributed by atoms with Crippen molar-refractivity contribution in [2.45, 2.75) is 18.6 Å². The Morgan fingerprint density at radius 1 is 1.23 bits per heavy atom. The maximum absolute atomic E-state index is 13.2. The van der Waals surface area contributed by atoms with Crippen LogP contribution in [0.5, 0.6) is 0 Å². The van der Waals surface area contributed by atoms with Crippen LogP contribution in [0.1, 0.15) is 12.0 Å². The zero-order chi connectivity index (χ0) is 18.9. The molecular weight excluding hydrogens is 366 g/mol. The predicted molar refractivity (Wildman–Crippen MR) is 91.6 cm³/mol. The second-order valence-corrected chi connectivity index (χ2v) is 6.44. The molecule has 0 aliphatic carbocycles. The van der Waals surface area contributed by atoms with Crippen LogP contribution in [-0.4, -0.2) is 29.1 Å². The molecule has 1 heterocycles. The summed E-state index contributed by atoms with van der Waals surface area (Å²) in [7, 11) is 0. The van der Waals surface area contributed by atoms with E-state index < -0.39 is 29.0 Å². The van der Waals surface area contributed by atoms with Crippen molar-refractivity contribution in [3.8, 4) is 0 Å². The van der Waals surface area contributed by atoms with Gasteiger partial charge in [0.05, 0.1) is 0 Å². The topological polar surface area (TPSA) is 69.6 Å². The molecular formula is C18H15ClF2N2O3. The van der Waals surface area contributed by atoms with Gasteiger partial charge in [0.2, 0.25) is 5.60 Å². The van der Waals surface area contributed by atoms with E-state index in [1.807, 2.05) is 0 Å². The first kappa shape index (κ1) is 18.3. The Morgan fingerprint density at radius 3 is 2.58 bits per heavy atom. The van der Waals surface area contributed by atoms with E-state index in [2.05, 4.69) is 5.32 Å².